The average Bonchev–Trinajstić information content (AvgIpc) is 2.78. The third kappa shape index (κ3) is 10.8. The molecule has 9 nitrogen and oxygen atoms in total. The number of ether oxygens (including phenoxy) is 4. The van der Waals surface area contributed by atoms with Gasteiger partial charge in [0.2, 0.25) is 0 Å². The van der Waals surface area contributed by atoms with E-state index < -0.39 is 47.0 Å². The molecule has 4 atom stereocenters. The molecule has 0 aliphatic carbocycles. The van der Waals surface area contributed by atoms with Crippen molar-refractivity contribution in [3.63, 3.8) is 0 Å². The third-order valence-corrected chi connectivity index (χ3v) is 5.89. The van der Waals surface area contributed by atoms with Gasteiger partial charge in [0.1, 0.15) is 18.2 Å². The van der Waals surface area contributed by atoms with Crippen LogP contribution in [-0.2, 0) is 35.1 Å². The number of benzene rings is 1. The normalized spacial score (nSPS) is 15.0. The van der Waals surface area contributed by atoms with E-state index in [1.54, 1.807) is 61.5 Å². The van der Waals surface area contributed by atoms with Crippen LogP contribution < -0.4 is 15.2 Å². The molecular formula is C29H45NO8. The highest BCUT2D eigenvalue weighted by atomic mass is 16.6. The molecule has 0 aliphatic rings. The minimum Gasteiger partial charge on any atom is -0.459 e. The van der Waals surface area contributed by atoms with Crippen molar-refractivity contribution in [2.45, 2.75) is 107 Å². The molecule has 0 bridgehead atoms. The third-order valence-electron chi connectivity index (χ3n) is 5.89. The first-order valence-corrected chi connectivity index (χ1v) is 13.1. The molecule has 1 rings (SSSR count). The van der Waals surface area contributed by atoms with Crippen LogP contribution in [-0.4, -0.2) is 42.1 Å². The number of esters is 4. The van der Waals surface area contributed by atoms with Crippen LogP contribution >= 0.6 is 0 Å². The van der Waals surface area contributed by atoms with Crippen LogP contribution in [0.25, 0.3) is 0 Å². The number of carbonyl (C=O) groups excluding carboxylic acids is 4. The van der Waals surface area contributed by atoms with Crippen LogP contribution in [0, 0.1) is 16.7 Å². The van der Waals surface area contributed by atoms with Crippen LogP contribution in [0.15, 0.2) is 18.2 Å². The van der Waals surface area contributed by atoms with Crippen molar-refractivity contribution in [3.8, 4) is 11.5 Å². The fourth-order valence-corrected chi connectivity index (χ4v) is 2.83. The molecule has 0 fully saturated rings. The second kappa shape index (κ2) is 13.7. The van der Waals surface area contributed by atoms with Gasteiger partial charge in [-0.15, -0.1) is 0 Å². The fraction of sp³-hybridized carbons (Fsp3) is 0.655. The van der Waals surface area contributed by atoms with Gasteiger partial charge >= 0.3 is 23.9 Å². The van der Waals surface area contributed by atoms with Gasteiger partial charge in [-0.1, -0.05) is 26.3 Å². The monoisotopic (exact) mass is 535 g/mol. The minimum absolute atomic E-state index is 0.0517. The van der Waals surface area contributed by atoms with Gasteiger partial charge in [-0.05, 0) is 85.4 Å². The molecule has 0 aliphatic heterocycles. The maximum Gasteiger partial charge on any atom is 0.323 e. The predicted octanol–water partition coefficient (Wildman–Crippen LogP) is 4.76. The lowest BCUT2D eigenvalue weighted by molar-refractivity contribution is -0.166. The van der Waals surface area contributed by atoms with E-state index in [-0.39, 0.29) is 29.8 Å². The first-order valence-electron chi connectivity index (χ1n) is 13.1. The standard InChI is InChI=1S/C29H45NO8/c1-11-17(2)14-24(31)35-18(3)19(4)36-25(32)21(30)15-20-12-13-22(37-26(33)28(5,6)7)23(16-20)38-27(34)29(8,9)10/h12-13,16-19,21H,11,14-15,30H2,1-10H3/t17?,18-,19-,21-/m0/s1. The number of rotatable bonds is 11. The van der Waals surface area contributed by atoms with Crippen molar-refractivity contribution in [3.05, 3.63) is 23.8 Å². The maximum absolute atomic E-state index is 12.6. The summed E-state index contributed by atoms with van der Waals surface area (Å²) in [5.41, 5.74) is 5.11. The zero-order chi connectivity index (χ0) is 29.4. The molecule has 9 heteroatoms. The number of carbonyl (C=O) groups is 4. The van der Waals surface area contributed by atoms with Gasteiger partial charge in [-0.25, -0.2) is 0 Å². The summed E-state index contributed by atoms with van der Waals surface area (Å²) in [6, 6.07) is 3.62. The summed E-state index contributed by atoms with van der Waals surface area (Å²) in [5, 5.41) is 0. The molecule has 1 aromatic carbocycles. The van der Waals surface area contributed by atoms with Crippen molar-refractivity contribution in [2.75, 3.05) is 0 Å². The van der Waals surface area contributed by atoms with Gasteiger partial charge in [0, 0.05) is 6.42 Å². The quantitative estimate of drug-likeness (QED) is 0.315. The Kier molecular flexibility index (Phi) is 12.0. The Balaban J connectivity index is 2.96. The van der Waals surface area contributed by atoms with E-state index >= 15 is 0 Å². The lowest BCUT2D eigenvalue weighted by Gasteiger charge is -2.23. The largest absolute Gasteiger partial charge is 0.459 e. The molecule has 0 saturated heterocycles. The lowest BCUT2D eigenvalue weighted by Crippen LogP contribution is -2.39. The highest BCUT2D eigenvalue weighted by molar-refractivity contribution is 5.81. The Morgan fingerprint density at radius 1 is 0.816 bits per heavy atom. The number of hydrogen-bond donors (Lipinski definition) is 1. The van der Waals surface area contributed by atoms with E-state index in [2.05, 4.69) is 0 Å². The molecule has 1 unspecified atom stereocenters. The summed E-state index contributed by atoms with van der Waals surface area (Å²) in [4.78, 5) is 49.7. The first-order chi connectivity index (χ1) is 17.3. The Bertz CT molecular complexity index is 989. The van der Waals surface area contributed by atoms with Crippen molar-refractivity contribution in [2.24, 2.45) is 22.5 Å². The second-order valence-corrected chi connectivity index (χ2v) is 11.9. The van der Waals surface area contributed by atoms with Crippen molar-refractivity contribution < 1.29 is 38.1 Å². The summed E-state index contributed by atoms with van der Waals surface area (Å²) in [7, 11) is 0. The van der Waals surface area contributed by atoms with Gasteiger partial charge in [-0.3, -0.25) is 19.2 Å². The van der Waals surface area contributed by atoms with Crippen molar-refractivity contribution in [1.29, 1.82) is 0 Å². The minimum atomic E-state index is -1.03. The lowest BCUT2D eigenvalue weighted by atomic mass is 9.97. The van der Waals surface area contributed by atoms with Crippen LogP contribution in [0.5, 0.6) is 11.5 Å². The van der Waals surface area contributed by atoms with Crippen LogP contribution in [0.1, 0.15) is 87.6 Å². The molecule has 0 heterocycles. The van der Waals surface area contributed by atoms with E-state index in [0.717, 1.165) is 6.42 Å². The summed E-state index contributed by atoms with van der Waals surface area (Å²) < 4.78 is 21.9. The highest BCUT2D eigenvalue weighted by Gasteiger charge is 2.29. The molecule has 0 aromatic heterocycles. The summed E-state index contributed by atoms with van der Waals surface area (Å²) >= 11 is 0. The van der Waals surface area contributed by atoms with Crippen LogP contribution in [0.2, 0.25) is 0 Å². The summed E-state index contributed by atoms with van der Waals surface area (Å²) in [5.74, 6) is -1.68. The molecule has 0 saturated carbocycles. The fourth-order valence-electron chi connectivity index (χ4n) is 2.83. The van der Waals surface area contributed by atoms with Gasteiger partial charge in [0.25, 0.3) is 0 Å². The van der Waals surface area contributed by atoms with E-state index in [0.29, 0.717) is 12.0 Å². The van der Waals surface area contributed by atoms with Crippen LogP contribution in [0.4, 0.5) is 0 Å². The van der Waals surface area contributed by atoms with Crippen molar-refractivity contribution in [1.82, 2.24) is 0 Å². The highest BCUT2D eigenvalue weighted by Crippen LogP contribution is 2.33. The van der Waals surface area contributed by atoms with Gasteiger partial charge in [0.15, 0.2) is 11.5 Å². The van der Waals surface area contributed by atoms with Crippen molar-refractivity contribution >= 4 is 23.9 Å². The molecule has 38 heavy (non-hydrogen) atoms. The average molecular weight is 536 g/mol. The van der Waals surface area contributed by atoms with E-state index in [1.807, 2.05) is 13.8 Å². The number of hydrogen-bond acceptors (Lipinski definition) is 9. The first kappa shape index (κ1) is 33.1. The van der Waals surface area contributed by atoms with Gasteiger partial charge < -0.3 is 24.7 Å². The second-order valence-electron chi connectivity index (χ2n) is 11.9. The SMILES string of the molecule is CCC(C)CC(=O)O[C@@H](C)[C@H](C)OC(=O)[C@@H](N)Cc1ccc(OC(=O)C(C)(C)C)c(OC(=O)C(C)(C)C)c1. The Morgan fingerprint density at radius 2 is 1.32 bits per heavy atom. The Morgan fingerprint density at radius 3 is 1.82 bits per heavy atom. The van der Waals surface area contributed by atoms with E-state index in [4.69, 9.17) is 24.7 Å². The van der Waals surface area contributed by atoms with E-state index in [9.17, 15) is 19.2 Å². The molecule has 0 spiro atoms. The summed E-state index contributed by atoms with van der Waals surface area (Å²) in [6.45, 7) is 17.5. The number of nitrogens with two attached hydrogens (primary N) is 1. The zero-order valence-electron chi connectivity index (χ0n) is 24.5. The van der Waals surface area contributed by atoms with Gasteiger partial charge in [-0.2, -0.15) is 0 Å². The summed E-state index contributed by atoms with van der Waals surface area (Å²) in [6.07, 6.45) is -0.106. The van der Waals surface area contributed by atoms with Crippen LogP contribution in [0.3, 0.4) is 0 Å². The van der Waals surface area contributed by atoms with E-state index in [1.165, 1.54) is 12.1 Å². The Hall–Kier alpha value is -2.94. The molecule has 0 amide bonds. The maximum atomic E-state index is 12.6. The van der Waals surface area contributed by atoms with Gasteiger partial charge in [0.05, 0.1) is 10.8 Å². The smallest absolute Gasteiger partial charge is 0.323 e. The molecule has 214 valence electrons. The molecule has 0 radical (unpaired) electrons. The topological polar surface area (TPSA) is 131 Å². The zero-order valence-corrected chi connectivity index (χ0v) is 24.5. The predicted molar refractivity (Wildman–Crippen MR) is 143 cm³/mol. The Labute approximate surface area is 226 Å². The molecule has 1 aromatic rings. The molecule has 2 N–H and O–H groups in total. The molecular weight excluding hydrogens is 490 g/mol.